The van der Waals surface area contributed by atoms with Gasteiger partial charge in [0.1, 0.15) is 0 Å². The number of aryl methyl sites for hydroxylation is 2. The molecule has 0 bridgehead atoms. The van der Waals surface area contributed by atoms with Crippen LogP contribution >= 0.6 is 0 Å². The summed E-state index contributed by atoms with van der Waals surface area (Å²) in [6, 6.07) is 18.3. The summed E-state index contributed by atoms with van der Waals surface area (Å²) in [5.41, 5.74) is 6.69. The van der Waals surface area contributed by atoms with Crippen molar-refractivity contribution in [3.05, 3.63) is 89.2 Å². The molecule has 1 aliphatic rings. The monoisotopic (exact) mass is 342 g/mol. The number of hydrogen-bond donors (Lipinski definition) is 1. The van der Waals surface area contributed by atoms with Crippen LogP contribution in [0, 0.1) is 6.92 Å². The number of carbonyl (C=O) groups excluding carboxylic acids is 1. The summed E-state index contributed by atoms with van der Waals surface area (Å²) in [6.07, 6.45) is 6.86. The number of fused-ring (bicyclic) bond motifs is 1. The molecule has 1 aromatic heterocycles. The van der Waals surface area contributed by atoms with Crippen LogP contribution in [0.3, 0.4) is 0 Å². The van der Waals surface area contributed by atoms with Gasteiger partial charge in [-0.05, 0) is 72.2 Å². The Hall–Kier alpha value is -2.94. The predicted octanol–water partition coefficient (Wildman–Crippen LogP) is 4.86. The van der Waals surface area contributed by atoms with E-state index in [-0.39, 0.29) is 11.9 Å². The topological polar surface area (TPSA) is 42.0 Å². The van der Waals surface area contributed by atoms with Gasteiger partial charge in [0.15, 0.2) is 0 Å². The number of nitrogens with zero attached hydrogens (tertiary/aromatic N) is 1. The minimum atomic E-state index is -0.00953. The van der Waals surface area contributed by atoms with Crippen molar-refractivity contribution in [1.29, 1.82) is 0 Å². The van der Waals surface area contributed by atoms with Crippen molar-refractivity contribution < 1.29 is 4.79 Å². The van der Waals surface area contributed by atoms with Crippen molar-refractivity contribution in [2.24, 2.45) is 0 Å². The molecule has 26 heavy (non-hydrogen) atoms. The second-order valence-electron chi connectivity index (χ2n) is 6.89. The molecule has 1 N–H and O–H groups in total. The van der Waals surface area contributed by atoms with E-state index in [1.165, 1.54) is 11.1 Å². The fourth-order valence-corrected chi connectivity index (χ4v) is 3.74. The Balaban J connectivity index is 1.52. The zero-order chi connectivity index (χ0) is 17.9. The maximum Gasteiger partial charge on any atom is 0.251 e. The first-order valence-corrected chi connectivity index (χ1v) is 9.12. The van der Waals surface area contributed by atoms with Gasteiger partial charge in [-0.25, -0.2) is 0 Å². The van der Waals surface area contributed by atoms with Gasteiger partial charge in [-0.3, -0.25) is 9.78 Å². The van der Waals surface area contributed by atoms with Gasteiger partial charge in [-0.15, -0.1) is 0 Å². The van der Waals surface area contributed by atoms with Crippen LogP contribution in [0.1, 0.15) is 45.9 Å². The third-order valence-corrected chi connectivity index (χ3v) is 5.15. The van der Waals surface area contributed by atoms with Crippen molar-refractivity contribution in [1.82, 2.24) is 10.3 Å². The SMILES string of the molecule is Cc1cnccc1-c1ccc(C(=O)NC2CCCc3ccccc32)cc1. The van der Waals surface area contributed by atoms with E-state index < -0.39 is 0 Å². The fourth-order valence-electron chi connectivity index (χ4n) is 3.74. The molecular weight excluding hydrogens is 320 g/mol. The maximum absolute atomic E-state index is 12.7. The third kappa shape index (κ3) is 3.25. The number of nitrogens with one attached hydrogen (secondary N) is 1. The third-order valence-electron chi connectivity index (χ3n) is 5.15. The zero-order valence-corrected chi connectivity index (χ0v) is 14.9. The molecular formula is C23H22N2O. The summed E-state index contributed by atoms with van der Waals surface area (Å²) in [5, 5.41) is 3.21. The summed E-state index contributed by atoms with van der Waals surface area (Å²) in [5.74, 6) is -0.00953. The molecule has 4 rings (SSSR count). The van der Waals surface area contributed by atoms with Crippen LogP contribution in [0.25, 0.3) is 11.1 Å². The standard InChI is InChI=1S/C23H22N2O/c1-16-15-24-14-13-20(16)18-9-11-19(12-10-18)23(26)25-22-8-4-6-17-5-2-3-7-21(17)22/h2-3,5,7,9-15,22H,4,6,8H2,1H3,(H,25,26). The summed E-state index contributed by atoms with van der Waals surface area (Å²) >= 11 is 0. The molecule has 1 aliphatic carbocycles. The summed E-state index contributed by atoms with van der Waals surface area (Å²) in [7, 11) is 0. The van der Waals surface area contributed by atoms with Crippen LogP contribution in [0.4, 0.5) is 0 Å². The second-order valence-corrected chi connectivity index (χ2v) is 6.89. The average Bonchev–Trinajstić information content (AvgIpc) is 2.69. The van der Waals surface area contributed by atoms with Gasteiger partial charge in [0, 0.05) is 18.0 Å². The van der Waals surface area contributed by atoms with Crippen LogP contribution < -0.4 is 5.32 Å². The smallest absolute Gasteiger partial charge is 0.251 e. The first-order valence-electron chi connectivity index (χ1n) is 9.12. The number of pyridine rings is 1. The van der Waals surface area contributed by atoms with Gasteiger partial charge in [0.2, 0.25) is 0 Å². The van der Waals surface area contributed by atoms with Crippen LogP contribution in [-0.4, -0.2) is 10.9 Å². The summed E-state index contributed by atoms with van der Waals surface area (Å²) < 4.78 is 0. The molecule has 3 nitrogen and oxygen atoms in total. The quantitative estimate of drug-likeness (QED) is 0.738. The summed E-state index contributed by atoms with van der Waals surface area (Å²) in [6.45, 7) is 2.05. The van der Waals surface area contributed by atoms with Crippen molar-refractivity contribution >= 4 is 5.91 Å². The number of benzene rings is 2. The highest BCUT2D eigenvalue weighted by Crippen LogP contribution is 2.30. The number of amides is 1. The first kappa shape index (κ1) is 16.5. The number of carbonyl (C=O) groups is 1. The van der Waals surface area contributed by atoms with Gasteiger partial charge in [0.05, 0.1) is 6.04 Å². The van der Waals surface area contributed by atoms with Gasteiger partial charge in [0.25, 0.3) is 5.91 Å². The number of aromatic nitrogens is 1. The normalized spacial score (nSPS) is 16.0. The molecule has 2 aromatic carbocycles. The lowest BCUT2D eigenvalue weighted by atomic mass is 9.87. The molecule has 3 heteroatoms. The second kappa shape index (κ2) is 7.12. The van der Waals surface area contributed by atoms with Crippen LogP contribution in [-0.2, 0) is 6.42 Å². The first-order chi connectivity index (χ1) is 12.7. The van der Waals surface area contributed by atoms with Crippen molar-refractivity contribution in [3.63, 3.8) is 0 Å². The van der Waals surface area contributed by atoms with Crippen LogP contribution in [0.15, 0.2) is 67.0 Å². The van der Waals surface area contributed by atoms with E-state index in [1.807, 2.05) is 43.5 Å². The lowest BCUT2D eigenvalue weighted by Gasteiger charge is -2.26. The molecule has 0 fully saturated rings. The Kier molecular flexibility index (Phi) is 4.53. The minimum Gasteiger partial charge on any atom is -0.345 e. The minimum absolute atomic E-state index is 0.00953. The molecule has 0 saturated heterocycles. The van der Waals surface area contributed by atoms with Gasteiger partial charge in [-0.1, -0.05) is 36.4 Å². The number of rotatable bonds is 3. The van der Waals surface area contributed by atoms with E-state index in [9.17, 15) is 4.79 Å². The van der Waals surface area contributed by atoms with E-state index in [2.05, 4.69) is 34.6 Å². The van der Waals surface area contributed by atoms with Gasteiger partial charge in [-0.2, -0.15) is 0 Å². The van der Waals surface area contributed by atoms with Crippen molar-refractivity contribution in [2.45, 2.75) is 32.2 Å². The van der Waals surface area contributed by atoms with Crippen LogP contribution in [0.5, 0.6) is 0 Å². The Morgan fingerprint density at radius 2 is 1.88 bits per heavy atom. The van der Waals surface area contributed by atoms with E-state index in [4.69, 9.17) is 0 Å². The van der Waals surface area contributed by atoms with Crippen molar-refractivity contribution in [2.75, 3.05) is 0 Å². The summed E-state index contributed by atoms with van der Waals surface area (Å²) in [4.78, 5) is 16.9. The molecule has 1 atom stereocenters. The highest BCUT2D eigenvalue weighted by molar-refractivity contribution is 5.95. The van der Waals surface area contributed by atoms with Gasteiger partial charge < -0.3 is 5.32 Å². The lowest BCUT2D eigenvalue weighted by molar-refractivity contribution is 0.0933. The maximum atomic E-state index is 12.7. The fraction of sp³-hybridized carbons (Fsp3) is 0.217. The van der Waals surface area contributed by atoms with E-state index in [0.29, 0.717) is 5.56 Å². The highest BCUT2D eigenvalue weighted by atomic mass is 16.1. The van der Waals surface area contributed by atoms with Crippen molar-refractivity contribution in [3.8, 4) is 11.1 Å². The molecule has 1 heterocycles. The van der Waals surface area contributed by atoms with E-state index >= 15 is 0 Å². The molecule has 0 radical (unpaired) electrons. The molecule has 0 saturated carbocycles. The molecule has 0 spiro atoms. The molecule has 3 aromatic rings. The molecule has 1 amide bonds. The largest absolute Gasteiger partial charge is 0.345 e. The van der Waals surface area contributed by atoms with Gasteiger partial charge >= 0.3 is 0 Å². The Labute approximate surface area is 154 Å². The Morgan fingerprint density at radius 3 is 2.69 bits per heavy atom. The molecule has 130 valence electrons. The molecule has 1 unspecified atom stereocenters. The number of hydrogen-bond acceptors (Lipinski definition) is 2. The highest BCUT2D eigenvalue weighted by Gasteiger charge is 2.21. The van der Waals surface area contributed by atoms with E-state index in [0.717, 1.165) is 36.0 Å². The average molecular weight is 342 g/mol. The predicted molar refractivity (Wildman–Crippen MR) is 104 cm³/mol. The Bertz CT molecular complexity index is 931. The van der Waals surface area contributed by atoms with E-state index in [1.54, 1.807) is 6.20 Å². The Morgan fingerprint density at radius 1 is 1.08 bits per heavy atom. The zero-order valence-electron chi connectivity index (χ0n) is 14.9. The van der Waals surface area contributed by atoms with Crippen LogP contribution in [0.2, 0.25) is 0 Å². The lowest BCUT2D eigenvalue weighted by Crippen LogP contribution is -2.30. The molecule has 0 aliphatic heterocycles.